The smallest absolute Gasteiger partial charge is 0.221 e. The van der Waals surface area contributed by atoms with Gasteiger partial charge in [0.1, 0.15) is 4.99 Å². The Hall–Kier alpha value is -1.27. The molecule has 0 aliphatic rings. The molecule has 0 saturated heterocycles. The molecule has 0 atom stereocenters. The van der Waals surface area contributed by atoms with Crippen LogP contribution < -0.4 is 16.4 Å². The SMILES string of the molecule is CCNC(=O)CCNc1cccc(SCC)c1C(N)=S. The highest BCUT2D eigenvalue weighted by Crippen LogP contribution is 2.28. The topological polar surface area (TPSA) is 67.2 Å². The molecule has 0 heterocycles. The molecule has 0 bridgehead atoms. The van der Waals surface area contributed by atoms with Crippen molar-refractivity contribution < 1.29 is 4.79 Å². The maximum atomic E-state index is 11.4. The van der Waals surface area contributed by atoms with Crippen LogP contribution in [0.2, 0.25) is 0 Å². The molecule has 0 aliphatic carbocycles. The molecular formula is C14H21N3OS2. The average Bonchev–Trinajstić information content (AvgIpc) is 2.39. The average molecular weight is 311 g/mol. The van der Waals surface area contributed by atoms with Crippen LogP contribution in [0.25, 0.3) is 0 Å². The first kappa shape index (κ1) is 16.8. The third-order valence-electron chi connectivity index (χ3n) is 2.61. The van der Waals surface area contributed by atoms with E-state index in [0.29, 0.717) is 24.5 Å². The summed E-state index contributed by atoms with van der Waals surface area (Å²) >= 11 is 6.85. The van der Waals surface area contributed by atoms with Gasteiger partial charge in [-0.15, -0.1) is 11.8 Å². The molecule has 20 heavy (non-hydrogen) atoms. The van der Waals surface area contributed by atoms with Crippen LogP contribution >= 0.6 is 24.0 Å². The summed E-state index contributed by atoms with van der Waals surface area (Å²) in [5.74, 6) is 0.994. The van der Waals surface area contributed by atoms with Crippen LogP contribution in [-0.2, 0) is 4.79 Å². The second kappa shape index (κ2) is 8.81. The molecule has 0 aromatic heterocycles. The lowest BCUT2D eigenvalue weighted by molar-refractivity contribution is -0.120. The van der Waals surface area contributed by atoms with Gasteiger partial charge in [-0.25, -0.2) is 0 Å². The maximum absolute atomic E-state index is 11.4. The van der Waals surface area contributed by atoms with Crippen molar-refractivity contribution in [1.82, 2.24) is 5.32 Å². The molecule has 110 valence electrons. The fourth-order valence-corrected chi connectivity index (χ4v) is 2.94. The Morgan fingerprint density at radius 3 is 2.75 bits per heavy atom. The number of anilines is 1. The van der Waals surface area contributed by atoms with Gasteiger partial charge in [-0.1, -0.05) is 25.2 Å². The second-order valence-corrected chi connectivity index (χ2v) is 5.85. The van der Waals surface area contributed by atoms with E-state index in [9.17, 15) is 4.79 Å². The number of nitrogens with two attached hydrogens (primary N) is 1. The number of thiocarbonyl (C=S) groups is 1. The van der Waals surface area contributed by atoms with E-state index >= 15 is 0 Å². The van der Waals surface area contributed by atoms with Crippen LogP contribution in [0, 0.1) is 0 Å². The largest absolute Gasteiger partial charge is 0.389 e. The summed E-state index contributed by atoms with van der Waals surface area (Å²) in [6.45, 7) is 5.20. The van der Waals surface area contributed by atoms with Crippen molar-refractivity contribution >= 4 is 40.6 Å². The Bertz CT molecular complexity index is 477. The van der Waals surface area contributed by atoms with E-state index in [1.807, 2.05) is 25.1 Å². The molecule has 4 nitrogen and oxygen atoms in total. The van der Waals surface area contributed by atoms with Gasteiger partial charge in [-0.3, -0.25) is 4.79 Å². The predicted molar refractivity (Wildman–Crippen MR) is 90.5 cm³/mol. The summed E-state index contributed by atoms with van der Waals surface area (Å²) in [6.07, 6.45) is 0.426. The molecule has 6 heteroatoms. The quantitative estimate of drug-likeness (QED) is 0.508. The number of carbonyl (C=O) groups is 1. The van der Waals surface area contributed by atoms with Crippen molar-refractivity contribution in [2.24, 2.45) is 5.73 Å². The molecule has 4 N–H and O–H groups in total. The number of carbonyl (C=O) groups excluding carboxylic acids is 1. The predicted octanol–water partition coefficient (Wildman–Crippen LogP) is 2.37. The van der Waals surface area contributed by atoms with E-state index in [1.54, 1.807) is 11.8 Å². The van der Waals surface area contributed by atoms with Gasteiger partial charge in [0.05, 0.1) is 0 Å². The van der Waals surface area contributed by atoms with Crippen LogP contribution in [0.1, 0.15) is 25.8 Å². The highest BCUT2D eigenvalue weighted by atomic mass is 32.2. The van der Waals surface area contributed by atoms with Gasteiger partial charge >= 0.3 is 0 Å². The van der Waals surface area contributed by atoms with Gasteiger partial charge in [0.2, 0.25) is 5.91 Å². The van der Waals surface area contributed by atoms with E-state index in [1.165, 1.54) is 0 Å². The molecule has 0 fully saturated rings. The molecular weight excluding hydrogens is 290 g/mol. The molecule has 1 rings (SSSR count). The van der Waals surface area contributed by atoms with Crippen LogP contribution in [0.5, 0.6) is 0 Å². The zero-order valence-corrected chi connectivity index (χ0v) is 13.5. The highest BCUT2D eigenvalue weighted by Gasteiger charge is 2.11. The van der Waals surface area contributed by atoms with Crippen LogP contribution in [0.15, 0.2) is 23.1 Å². The summed E-state index contributed by atoms with van der Waals surface area (Å²) in [6, 6.07) is 5.91. The second-order valence-electron chi connectivity index (χ2n) is 4.11. The standard InChI is InChI=1S/C14H21N3OS2/c1-3-16-12(18)8-9-17-10-6-5-7-11(20-4-2)13(10)14(15)19/h5-7,17H,3-4,8-9H2,1-2H3,(H2,15,19)(H,16,18). The number of hydrogen-bond acceptors (Lipinski definition) is 4. The van der Waals surface area contributed by atoms with E-state index < -0.39 is 0 Å². The minimum atomic E-state index is 0.0379. The van der Waals surface area contributed by atoms with Crippen molar-refractivity contribution in [3.8, 4) is 0 Å². The first-order valence-electron chi connectivity index (χ1n) is 6.66. The zero-order chi connectivity index (χ0) is 15.0. The fourth-order valence-electron chi connectivity index (χ4n) is 1.80. The molecule has 1 amide bonds. The van der Waals surface area contributed by atoms with Gasteiger partial charge in [0.25, 0.3) is 0 Å². The number of nitrogens with one attached hydrogen (secondary N) is 2. The Labute approximate surface area is 129 Å². The number of benzene rings is 1. The third kappa shape index (κ3) is 5.02. The number of rotatable bonds is 8. The van der Waals surface area contributed by atoms with Gasteiger partial charge in [0.15, 0.2) is 0 Å². The lowest BCUT2D eigenvalue weighted by atomic mass is 10.1. The third-order valence-corrected chi connectivity index (χ3v) is 3.76. The van der Waals surface area contributed by atoms with Gasteiger partial charge in [0, 0.05) is 35.7 Å². The molecule has 1 aromatic rings. The maximum Gasteiger partial charge on any atom is 0.221 e. The van der Waals surface area contributed by atoms with Crippen molar-refractivity contribution in [2.45, 2.75) is 25.2 Å². The fraction of sp³-hybridized carbons (Fsp3) is 0.429. The van der Waals surface area contributed by atoms with Crippen molar-refractivity contribution in [3.05, 3.63) is 23.8 Å². The monoisotopic (exact) mass is 311 g/mol. The Morgan fingerprint density at radius 1 is 1.40 bits per heavy atom. The zero-order valence-electron chi connectivity index (χ0n) is 11.9. The summed E-state index contributed by atoms with van der Waals surface area (Å²) in [5, 5.41) is 6.01. The lowest BCUT2D eigenvalue weighted by Gasteiger charge is -2.14. The highest BCUT2D eigenvalue weighted by molar-refractivity contribution is 7.99. The molecule has 0 radical (unpaired) electrons. The van der Waals surface area contributed by atoms with Crippen molar-refractivity contribution in [1.29, 1.82) is 0 Å². The van der Waals surface area contributed by atoms with Crippen LogP contribution in [-0.4, -0.2) is 29.7 Å². The normalized spacial score (nSPS) is 10.1. The Morgan fingerprint density at radius 2 is 2.15 bits per heavy atom. The molecule has 0 spiro atoms. The van der Waals surface area contributed by atoms with Gasteiger partial charge < -0.3 is 16.4 Å². The molecule has 0 saturated carbocycles. The summed E-state index contributed by atoms with van der Waals surface area (Å²) in [4.78, 5) is 12.9. The van der Waals surface area contributed by atoms with E-state index in [-0.39, 0.29) is 5.91 Å². The van der Waals surface area contributed by atoms with Crippen molar-refractivity contribution in [3.63, 3.8) is 0 Å². The first-order chi connectivity index (χ1) is 9.60. The van der Waals surface area contributed by atoms with E-state index in [4.69, 9.17) is 18.0 Å². The number of hydrogen-bond donors (Lipinski definition) is 3. The van der Waals surface area contributed by atoms with Gasteiger partial charge in [-0.05, 0) is 24.8 Å². The summed E-state index contributed by atoms with van der Waals surface area (Å²) < 4.78 is 0. The van der Waals surface area contributed by atoms with Crippen LogP contribution in [0.3, 0.4) is 0 Å². The van der Waals surface area contributed by atoms with Crippen LogP contribution in [0.4, 0.5) is 5.69 Å². The van der Waals surface area contributed by atoms with E-state index in [0.717, 1.165) is 21.9 Å². The minimum Gasteiger partial charge on any atom is -0.389 e. The van der Waals surface area contributed by atoms with E-state index in [2.05, 4.69) is 17.6 Å². The number of amides is 1. The summed E-state index contributed by atoms with van der Waals surface area (Å²) in [5.41, 5.74) is 7.58. The number of thioether (sulfide) groups is 1. The first-order valence-corrected chi connectivity index (χ1v) is 8.05. The Kier molecular flexibility index (Phi) is 7.40. The lowest BCUT2D eigenvalue weighted by Crippen LogP contribution is -2.25. The Balaban J connectivity index is 2.76. The van der Waals surface area contributed by atoms with Gasteiger partial charge in [-0.2, -0.15) is 0 Å². The molecule has 0 aliphatic heterocycles. The summed E-state index contributed by atoms with van der Waals surface area (Å²) in [7, 11) is 0. The molecule has 0 unspecified atom stereocenters. The minimum absolute atomic E-state index is 0.0379. The molecule has 1 aromatic carbocycles. The van der Waals surface area contributed by atoms with Crippen molar-refractivity contribution in [2.75, 3.05) is 24.2 Å².